The maximum Gasteiger partial charge on any atom is 0.186 e. The summed E-state index contributed by atoms with van der Waals surface area (Å²) in [6, 6.07) is 0. The first-order valence-electron chi connectivity index (χ1n) is 16.0. The number of rotatable bonds is 8. The summed E-state index contributed by atoms with van der Waals surface area (Å²) in [6.45, 7) is 9.03. The number of aliphatic hydroxyl groups excluding tert-OH is 9. The lowest BCUT2D eigenvalue weighted by Gasteiger charge is -2.62. The third-order valence-electron chi connectivity index (χ3n) is 11.7. The van der Waals surface area contributed by atoms with E-state index < -0.39 is 92.2 Å². The molecule has 2 aliphatic heterocycles. The largest absolute Gasteiger partial charge is 0.394 e. The van der Waals surface area contributed by atoms with Crippen LogP contribution in [-0.4, -0.2) is 139 Å². The Kier molecular flexibility index (Phi) is 10.3. The fourth-order valence-electron chi connectivity index (χ4n) is 8.81. The first kappa shape index (κ1) is 35.3. The quantitative estimate of drug-likeness (QED) is 0.141. The zero-order valence-electron chi connectivity index (χ0n) is 26.3. The van der Waals surface area contributed by atoms with Gasteiger partial charge in [-0.25, -0.2) is 0 Å². The van der Waals surface area contributed by atoms with Gasteiger partial charge in [-0.3, -0.25) is 0 Å². The van der Waals surface area contributed by atoms with Gasteiger partial charge in [0.15, 0.2) is 12.6 Å². The van der Waals surface area contributed by atoms with E-state index in [9.17, 15) is 46.0 Å². The summed E-state index contributed by atoms with van der Waals surface area (Å²) < 4.78 is 22.7. The summed E-state index contributed by atoms with van der Waals surface area (Å²) in [7, 11) is 0. The van der Waals surface area contributed by atoms with Gasteiger partial charge in [-0.05, 0) is 54.8 Å². The van der Waals surface area contributed by atoms with Crippen molar-refractivity contribution in [3.05, 3.63) is 24.3 Å². The summed E-state index contributed by atoms with van der Waals surface area (Å²) in [5, 5.41) is 94.3. The van der Waals surface area contributed by atoms with E-state index in [0.29, 0.717) is 12.8 Å². The van der Waals surface area contributed by atoms with Crippen molar-refractivity contribution in [2.75, 3.05) is 19.8 Å². The number of hydrogen-bond donors (Lipinski definition) is 9. The van der Waals surface area contributed by atoms with Gasteiger partial charge in [0.2, 0.25) is 0 Å². The summed E-state index contributed by atoms with van der Waals surface area (Å²) in [4.78, 5) is 0. The molecule has 0 amide bonds. The highest BCUT2D eigenvalue weighted by atomic mass is 16.7. The van der Waals surface area contributed by atoms with E-state index in [1.807, 2.05) is 13.0 Å². The molecular formula is C32H52O13. The molecule has 10 unspecified atom stereocenters. The van der Waals surface area contributed by atoms with Crippen LogP contribution in [0.5, 0.6) is 0 Å². The number of aliphatic hydroxyl groups is 9. The molecule has 9 N–H and O–H groups in total. The molecule has 13 nitrogen and oxygen atoms in total. The predicted molar refractivity (Wildman–Crippen MR) is 157 cm³/mol. The zero-order chi connectivity index (χ0) is 33.1. The van der Waals surface area contributed by atoms with Crippen molar-refractivity contribution in [3.8, 4) is 0 Å². The molecular weight excluding hydrogens is 592 g/mol. The van der Waals surface area contributed by atoms with Crippen LogP contribution in [0.3, 0.4) is 0 Å². The Morgan fingerprint density at radius 3 is 2.09 bits per heavy atom. The first-order valence-corrected chi connectivity index (χ1v) is 16.0. The molecule has 2 saturated carbocycles. The van der Waals surface area contributed by atoms with Gasteiger partial charge in [0.1, 0.15) is 48.8 Å². The number of fused-ring (bicyclic) bond motifs is 3. The Balaban J connectivity index is 1.29. The topological polar surface area (TPSA) is 219 Å². The molecule has 0 aromatic rings. The van der Waals surface area contributed by atoms with Crippen molar-refractivity contribution >= 4 is 0 Å². The molecule has 0 spiro atoms. The van der Waals surface area contributed by atoms with Crippen LogP contribution in [-0.2, 0) is 18.9 Å². The van der Waals surface area contributed by atoms with Gasteiger partial charge in [-0.2, -0.15) is 0 Å². The van der Waals surface area contributed by atoms with E-state index >= 15 is 0 Å². The van der Waals surface area contributed by atoms with E-state index in [1.165, 1.54) is 5.57 Å². The molecule has 0 bridgehead atoms. The standard InChI is InChI=1S/C32H52O13/c1-5-30(2)9-8-16-15(10-30)6-7-20-31(16,3)11-17(34)27(41)32(20,4)14-43-29-26(40)24(38)22(36)19(45-29)13-42-28-25(39)23(37)21(35)18(12-33)44-28/h5-6,16-29,33-41H,1,7-14H2,2-4H3/t16?,17?,18?,19?,20?,21-,22-,23?,24?,25?,26?,27?,28-,29+,30+,31-,32-/m1/s1. The minimum atomic E-state index is -1.70. The van der Waals surface area contributed by atoms with Crippen LogP contribution >= 0.6 is 0 Å². The zero-order valence-corrected chi connectivity index (χ0v) is 26.3. The molecule has 17 atom stereocenters. The van der Waals surface area contributed by atoms with Crippen molar-refractivity contribution in [3.63, 3.8) is 0 Å². The van der Waals surface area contributed by atoms with E-state index in [4.69, 9.17) is 18.9 Å². The first-order chi connectivity index (χ1) is 21.1. The van der Waals surface area contributed by atoms with Gasteiger partial charge >= 0.3 is 0 Å². The molecule has 0 aromatic heterocycles. The van der Waals surface area contributed by atoms with Gasteiger partial charge in [0, 0.05) is 5.41 Å². The summed E-state index contributed by atoms with van der Waals surface area (Å²) in [6.07, 6.45) is -9.25. The maximum absolute atomic E-state index is 11.4. The van der Waals surface area contributed by atoms with Crippen molar-refractivity contribution in [2.45, 2.75) is 126 Å². The highest BCUT2D eigenvalue weighted by Gasteiger charge is 2.61. The fourth-order valence-corrected chi connectivity index (χ4v) is 8.81. The van der Waals surface area contributed by atoms with E-state index in [-0.39, 0.29) is 29.3 Å². The second-order valence-electron chi connectivity index (χ2n) is 14.8. The van der Waals surface area contributed by atoms with Crippen molar-refractivity contribution < 1.29 is 64.9 Å². The monoisotopic (exact) mass is 644 g/mol. The molecule has 4 fully saturated rings. The summed E-state index contributed by atoms with van der Waals surface area (Å²) >= 11 is 0. The van der Waals surface area contributed by atoms with Crippen LogP contribution in [0, 0.1) is 28.1 Å². The molecule has 0 aromatic carbocycles. The van der Waals surface area contributed by atoms with Gasteiger partial charge in [0.05, 0.1) is 32.0 Å². The van der Waals surface area contributed by atoms with Crippen molar-refractivity contribution in [1.29, 1.82) is 0 Å². The second-order valence-corrected chi connectivity index (χ2v) is 14.8. The number of ether oxygens (including phenoxy) is 4. The predicted octanol–water partition coefficient (Wildman–Crippen LogP) is -1.30. The van der Waals surface area contributed by atoms with E-state index in [2.05, 4.69) is 26.5 Å². The Bertz CT molecular complexity index is 1090. The average molecular weight is 645 g/mol. The lowest BCUT2D eigenvalue weighted by molar-refractivity contribution is -0.336. The van der Waals surface area contributed by atoms with Crippen LogP contribution in [0.1, 0.15) is 52.9 Å². The van der Waals surface area contributed by atoms with Gasteiger partial charge in [-0.1, -0.05) is 38.5 Å². The normalized spacial score (nSPS) is 53.6. The summed E-state index contributed by atoms with van der Waals surface area (Å²) in [5.41, 5.74) is 0.0975. The molecule has 13 heteroatoms. The molecule has 5 aliphatic rings. The maximum atomic E-state index is 11.4. The molecule has 5 rings (SSSR count). The third kappa shape index (κ3) is 6.18. The van der Waals surface area contributed by atoms with E-state index in [1.54, 1.807) is 0 Å². The van der Waals surface area contributed by atoms with Gasteiger partial charge in [0.25, 0.3) is 0 Å². The summed E-state index contributed by atoms with van der Waals surface area (Å²) in [5.74, 6) is 0.148. The lowest BCUT2D eigenvalue weighted by Crippen LogP contribution is -2.64. The van der Waals surface area contributed by atoms with Crippen LogP contribution in [0.4, 0.5) is 0 Å². The Morgan fingerprint density at radius 1 is 0.867 bits per heavy atom. The Labute approximate surface area is 263 Å². The molecule has 2 heterocycles. The molecule has 0 radical (unpaired) electrons. The second kappa shape index (κ2) is 13.1. The molecule has 45 heavy (non-hydrogen) atoms. The van der Waals surface area contributed by atoms with Gasteiger partial charge in [-0.15, -0.1) is 6.58 Å². The minimum absolute atomic E-state index is 0.0215. The van der Waals surface area contributed by atoms with Crippen molar-refractivity contribution in [2.24, 2.45) is 28.1 Å². The molecule has 3 aliphatic carbocycles. The van der Waals surface area contributed by atoms with Crippen LogP contribution in [0.2, 0.25) is 0 Å². The minimum Gasteiger partial charge on any atom is -0.394 e. The van der Waals surface area contributed by atoms with Crippen LogP contribution < -0.4 is 0 Å². The fraction of sp³-hybridized carbons (Fsp3) is 0.875. The van der Waals surface area contributed by atoms with E-state index in [0.717, 1.165) is 19.3 Å². The molecule has 258 valence electrons. The van der Waals surface area contributed by atoms with Crippen molar-refractivity contribution in [1.82, 2.24) is 0 Å². The van der Waals surface area contributed by atoms with Gasteiger partial charge < -0.3 is 64.9 Å². The average Bonchev–Trinajstić information content (AvgIpc) is 3.01. The lowest BCUT2D eigenvalue weighted by atomic mass is 9.44. The third-order valence-corrected chi connectivity index (χ3v) is 11.7. The highest BCUT2D eigenvalue weighted by Crippen LogP contribution is 2.63. The Hall–Kier alpha value is -1.04. The Morgan fingerprint density at radius 2 is 1.47 bits per heavy atom. The highest BCUT2D eigenvalue weighted by molar-refractivity contribution is 5.26. The molecule has 2 saturated heterocycles. The van der Waals surface area contributed by atoms with Crippen LogP contribution in [0.25, 0.3) is 0 Å². The van der Waals surface area contributed by atoms with Crippen LogP contribution in [0.15, 0.2) is 24.3 Å². The smallest absolute Gasteiger partial charge is 0.186 e. The number of allylic oxidation sites excluding steroid dienone is 3. The number of hydrogen-bond acceptors (Lipinski definition) is 13. The SMILES string of the molecule is C=C[C@@]1(C)CCC2C(=CCC3[C@@](C)(CO[C@H]4OC(CO[C@@H]5OC(CO)[C@@H](O)C(O)C5O)[C@@H](O)C(O)C4O)C(O)C(O)C[C@]23C)C1.